The van der Waals surface area contributed by atoms with Crippen LogP contribution < -0.4 is 0 Å². The quantitative estimate of drug-likeness (QED) is 0.664. The number of hydrogen-bond donors (Lipinski definition) is 0. The van der Waals surface area contributed by atoms with Crippen LogP contribution in [0.4, 0.5) is 0 Å². The van der Waals surface area contributed by atoms with E-state index in [1.807, 2.05) is 18.2 Å². The highest BCUT2D eigenvalue weighted by atomic mass is 16.1. The molecule has 12 heavy (non-hydrogen) atoms. The van der Waals surface area contributed by atoms with E-state index in [9.17, 15) is 4.79 Å². The first kappa shape index (κ1) is 8.98. The van der Waals surface area contributed by atoms with Crippen LogP contribution in [0.1, 0.15) is 25.0 Å². The van der Waals surface area contributed by atoms with Crippen LogP contribution in [0.25, 0.3) is 0 Å². The van der Waals surface area contributed by atoms with Gasteiger partial charge in [-0.25, -0.2) is 0 Å². The number of ketones is 1. The fraction of sp³-hybridized carbons (Fsp3) is 0.364. The molecule has 1 rings (SSSR count). The Kier molecular flexibility index (Phi) is 3.03. The molecule has 0 saturated carbocycles. The summed E-state index contributed by atoms with van der Waals surface area (Å²) in [6.45, 7) is 3.70. The molecule has 1 radical (unpaired) electrons. The summed E-state index contributed by atoms with van der Waals surface area (Å²) in [5.41, 5.74) is 2.28. The molecule has 0 aliphatic carbocycles. The molecule has 0 heterocycles. The van der Waals surface area contributed by atoms with E-state index in [4.69, 9.17) is 0 Å². The molecule has 63 valence electrons. The molecular formula is C11H13O. The van der Waals surface area contributed by atoms with E-state index < -0.39 is 0 Å². The maximum Gasteiger partial charge on any atom is 0.134 e. The minimum Gasteiger partial charge on any atom is -0.300 e. The Morgan fingerprint density at radius 1 is 1.58 bits per heavy atom. The van der Waals surface area contributed by atoms with Gasteiger partial charge < -0.3 is 0 Å². The number of aryl methyl sites for hydroxylation is 1. The molecule has 0 fully saturated rings. The lowest BCUT2D eigenvalue weighted by Crippen LogP contribution is -1.99. The van der Waals surface area contributed by atoms with E-state index in [0.717, 1.165) is 17.5 Å². The maximum absolute atomic E-state index is 10.9. The van der Waals surface area contributed by atoms with Crippen molar-refractivity contribution in [1.82, 2.24) is 0 Å². The molecule has 0 aliphatic rings. The molecule has 1 aromatic carbocycles. The first-order chi connectivity index (χ1) is 5.74. The number of carbonyl (C=O) groups is 1. The van der Waals surface area contributed by atoms with Crippen molar-refractivity contribution in [2.45, 2.75) is 26.7 Å². The predicted octanol–water partition coefficient (Wildman–Crippen LogP) is 2.18. The molecule has 0 amide bonds. The first-order valence-electron chi connectivity index (χ1n) is 4.22. The summed E-state index contributed by atoms with van der Waals surface area (Å²) < 4.78 is 0. The van der Waals surface area contributed by atoms with Crippen LogP contribution in [0.5, 0.6) is 0 Å². The fourth-order valence-electron chi connectivity index (χ4n) is 1.27. The van der Waals surface area contributed by atoms with Gasteiger partial charge in [-0.2, -0.15) is 0 Å². The van der Waals surface area contributed by atoms with Gasteiger partial charge in [0.05, 0.1) is 0 Å². The fourth-order valence-corrected chi connectivity index (χ4v) is 1.27. The minimum absolute atomic E-state index is 0.212. The van der Waals surface area contributed by atoms with Crippen molar-refractivity contribution < 1.29 is 4.79 Å². The zero-order valence-corrected chi connectivity index (χ0v) is 7.55. The zero-order valence-electron chi connectivity index (χ0n) is 7.55. The molecule has 1 heteroatoms. The first-order valence-corrected chi connectivity index (χ1v) is 4.22. The zero-order chi connectivity index (χ0) is 8.97. The van der Waals surface area contributed by atoms with Crippen molar-refractivity contribution in [3.05, 3.63) is 35.4 Å². The van der Waals surface area contributed by atoms with Gasteiger partial charge in [0.1, 0.15) is 5.78 Å². The number of Topliss-reactive ketones (excluding diaryl/α,β-unsaturated/α-hetero) is 1. The minimum atomic E-state index is 0.212. The van der Waals surface area contributed by atoms with Crippen LogP contribution in [-0.4, -0.2) is 5.78 Å². The second-order valence-electron chi connectivity index (χ2n) is 2.91. The highest BCUT2D eigenvalue weighted by molar-refractivity contribution is 5.78. The molecule has 1 aromatic rings. The Bertz CT molecular complexity index is 276. The van der Waals surface area contributed by atoms with Gasteiger partial charge in [-0.05, 0) is 30.5 Å². The van der Waals surface area contributed by atoms with Crippen molar-refractivity contribution in [1.29, 1.82) is 0 Å². The van der Waals surface area contributed by atoms with E-state index in [1.54, 1.807) is 6.92 Å². The van der Waals surface area contributed by atoms with Crippen molar-refractivity contribution >= 4 is 5.78 Å². The molecule has 0 unspecified atom stereocenters. The highest BCUT2D eigenvalue weighted by Crippen LogP contribution is 2.09. The van der Waals surface area contributed by atoms with Gasteiger partial charge in [-0.3, -0.25) is 4.79 Å². The lowest BCUT2D eigenvalue weighted by Gasteiger charge is -2.03. The average molecular weight is 161 g/mol. The van der Waals surface area contributed by atoms with Crippen LogP contribution >= 0.6 is 0 Å². The van der Waals surface area contributed by atoms with E-state index in [-0.39, 0.29) is 5.78 Å². The Hall–Kier alpha value is -1.11. The van der Waals surface area contributed by atoms with Crippen molar-refractivity contribution in [3.63, 3.8) is 0 Å². The Morgan fingerprint density at radius 2 is 2.33 bits per heavy atom. The predicted molar refractivity (Wildman–Crippen MR) is 49.0 cm³/mol. The molecule has 0 aromatic heterocycles. The standard InChI is InChI=1S/C11H13O/c1-3-10-6-4-5-7-11(10)8-9(2)12/h4-5,7H,3,8H2,1-2H3. The third kappa shape index (κ3) is 2.19. The van der Waals surface area contributed by atoms with Crippen LogP contribution in [0.15, 0.2) is 18.2 Å². The van der Waals surface area contributed by atoms with Crippen LogP contribution in [0.3, 0.4) is 0 Å². The highest BCUT2D eigenvalue weighted by Gasteiger charge is 2.01. The summed E-state index contributed by atoms with van der Waals surface area (Å²) in [4.78, 5) is 10.9. The van der Waals surface area contributed by atoms with Crippen LogP contribution in [-0.2, 0) is 17.6 Å². The Balaban J connectivity index is 2.89. The number of rotatable bonds is 3. The van der Waals surface area contributed by atoms with Gasteiger partial charge in [0, 0.05) is 6.42 Å². The smallest absolute Gasteiger partial charge is 0.134 e. The van der Waals surface area contributed by atoms with E-state index >= 15 is 0 Å². The van der Waals surface area contributed by atoms with Crippen LogP contribution in [0, 0.1) is 6.07 Å². The summed E-state index contributed by atoms with van der Waals surface area (Å²) in [5, 5.41) is 0. The maximum atomic E-state index is 10.9. The summed E-state index contributed by atoms with van der Waals surface area (Å²) in [7, 11) is 0. The van der Waals surface area contributed by atoms with Gasteiger partial charge in [0.15, 0.2) is 0 Å². The summed E-state index contributed by atoms with van der Waals surface area (Å²) in [6.07, 6.45) is 1.49. The van der Waals surface area contributed by atoms with E-state index in [0.29, 0.717) is 6.42 Å². The van der Waals surface area contributed by atoms with E-state index in [1.165, 1.54) is 0 Å². The number of hydrogen-bond acceptors (Lipinski definition) is 1. The number of carbonyl (C=O) groups excluding carboxylic acids is 1. The van der Waals surface area contributed by atoms with Crippen LogP contribution in [0.2, 0.25) is 0 Å². The molecule has 0 bridgehead atoms. The third-order valence-electron chi connectivity index (χ3n) is 1.83. The third-order valence-corrected chi connectivity index (χ3v) is 1.83. The summed E-state index contributed by atoms with van der Waals surface area (Å²) in [5.74, 6) is 0.212. The molecular weight excluding hydrogens is 148 g/mol. The van der Waals surface area contributed by atoms with Gasteiger partial charge in [-0.1, -0.05) is 25.1 Å². The van der Waals surface area contributed by atoms with Gasteiger partial charge in [-0.15, -0.1) is 0 Å². The topological polar surface area (TPSA) is 17.1 Å². The van der Waals surface area contributed by atoms with Gasteiger partial charge >= 0.3 is 0 Å². The molecule has 0 aliphatic heterocycles. The molecule has 0 atom stereocenters. The molecule has 1 nitrogen and oxygen atoms in total. The monoisotopic (exact) mass is 161 g/mol. The van der Waals surface area contributed by atoms with Crippen molar-refractivity contribution in [3.8, 4) is 0 Å². The molecule has 0 saturated heterocycles. The Morgan fingerprint density at radius 3 is 2.92 bits per heavy atom. The summed E-state index contributed by atoms with van der Waals surface area (Å²) in [6, 6.07) is 8.96. The van der Waals surface area contributed by atoms with Gasteiger partial charge in [0.2, 0.25) is 0 Å². The second-order valence-corrected chi connectivity index (χ2v) is 2.91. The van der Waals surface area contributed by atoms with Crippen molar-refractivity contribution in [2.24, 2.45) is 0 Å². The lowest BCUT2D eigenvalue weighted by atomic mass is 10.0. The summed E-state index contributed by atoms with van der Waals surface area (Å²) >= 11 is 0. The van der Waals surface area contributed by atoms with E-state index in [2.05, 4.69) is 13.0 Å². The SMILES string of the molecule is CCc1[c]cccc1CC(C)=O. The van der Waals surface area contributed by atoms with Gasteiger partial charge in [0.25, 0.3) is 0 Å². The normalized spacial score (nSPS) is 9.83. The average Bonchev–Trinajstić information content (AvgIpc) is 2.04. The second kappa shape index (κ2) is 4.05. The van der Waals surface area contributed by atoms with Crippen molar-refractivity contribution in [2.75, 3.05) is 0 Å². The molecule has 0 N–H and O–H groups in total. The Labute approximate surface area is 73.4 Å². The lowest BCUT2D eigenvalue weighted by molar-refractivity contribution is -0.116. The number of benzene rings is 1. The molecule has 0 spiro atoms. The largest absolute Gasteiger partial charge is 0.300 e.